The summed E-state index contributed by atoms with van der Waals surface area (Å²) in [5, 5.41) is 18.2. The predicted molar refractivity (Wildman–Crippen MR) is 119 cm³/mol. The minimum atomic E-state index is -0.647. The number of nitrogens with one attached hydrogen (secondary N) is 3. The molecular formula is C22H22FN9O. The van der Waals surface area contributed by atoms with Gasteiger partial charge in [-0.15, -0.1) is 0 Å². The number of aromatic amines is 1. The van der Waals surface area contributed by atoms with E-state index in [-0.39, 0.29) is 12.1 Å². The molecule has 4 aromatic rings. The molecule has 0 unspecified atom stereocenters. The lowest BCUT2D eigenvalue weighted by Crippen LogP contribution is -2.35. The van der Waals surface area contributed by atoms with Crippen molar-refractivity contribution in [3.8, 4) is 0 Å². The fraction of sp³-hybridized carbons (Fsp3) is 0.318. The molecule has 33 heavy (non-hydrogen) atoms. The fourth-order valence-electron chi connectivity index (χ4n) is 4.26. The van der Waals surface area contributed by atoms with Crippen LogP contribution in [0.15, 0.2) is 42.7 Å². The average molecular weight is 447 g/mol. The Kier molecular flexibility index (Phi) is 4.67. The summed E-state index contributed by atoms with van der Waals surface area (Å²) >= 11 is 0. The fourth-order valence-corrected chi connectivity index (χ4v) is 4.26. The number of urea groups is 1. The smallest absolute Gasteiger partial charge is 0.322 e. The quantitative estimate of drug-likeness (QED) is 0.399. The number of hydrogen-bond acceptors (Lipinski definition) is 6. The van der Waals surface area contributed by atoms with Crippen molar-refractivity contribution in [1.82, 2.24) is 34.7 Å². The first-order valence-electron chi connectivity index (χ1n) is 11.0. The van der Waals surface area contributed by atoms with Gasteiger partial charge >= 0.3 is 6.03 Å². The zero-order chi connectivity index (χ0) is 22.4. The van der Waals surface area contributed by atoms with Crippen molar-refractivity contribution in [2.45, 2.75) is 37.6 Å². The van der Waals surface area contributed by atoms with Gasteiger partial charge in [-0.25, -0.2) is 19.3 Å². The standard InChI is InChI=1S/C22H22FN9O/c23-18-11-14(7-8-24-18)25-22(33)31-9-1-3-16(31)21-27-20(17-4-2-10-32(17)30-21)26-19-12-15(28-29-19)13-5-6-13/h2,4,7-8,10-13,16H,1,3,5-6,9H2,(H,24,25,33)(H2,26,27,28,29,30)/t16-/m1/s1. The van der Waals surface area contributed by atoms with E-state index in [9.17, 15) is 9.18 Å². The molecule has 2 amide bonds. The van der Waals surface area contributed by atoms with Crippen LogP contribution in [0.2, 0.25) is 0 Å². The Bertz CT molecular complexity index is 1330. The number of rotatable bonds is 5. The summed E-state index contributed by atoms with van der Waals surface area (Å²) in [7, 11) is 0. The van der Waals surface area contributed by atoms with Gasteiger partial charge in [0, 0.05) is 48.4 Å². The molecule has 3 N–H and O–H groups in total. The van der Waals surface area contributed by atoms with Crippen molar-refractivity contribution in [3.05, 3.63) is 60.2 Å². The van der Waals surface area contributed by atoms with Gasteiger partial charge in [0.15, 0.2) is 17.5 Å². The van der Waals surface area contributed by atoms with Gasteiger partial charge in [0.05, 0.1) is 6.04 Å². The number of carbonyl (C=O) groups excluding carboxylic acids is 1. The number of halogens is 1. The molecule has 168 valence electrons. The number of fused-ring (bicyclic) bond motifs is 1. The van der Waals surface area contributed by atoms with Gasteiger partial charge in [-0.3, -0.25) is 5.10 Å². The van der Waals surface area contributed by atoms with Crippen LogP contribution in [-0.4, -0.2) is 47.3 Å². The van der Waals surface area contributed by atoms with Crippen LogP contribution >= 0.6 is 0 Å². The number of nitrogens with zero attached hydrogens (tertiary/aromatic N) is 6. The number of likely N-dealkylation sites (tertiary alicyclic amines) is 1. The van der Waals surface area contributed by atoms with Crippen LogP contribution in [0, 0.1) is 5.95 Å². The molecule has 1 saturated heterocycles. The normalized spacial score (nSPS) is 18.1. The number of amides is 2. The van der Waals surface area contributed by atoms with Crippen molar-refractivity contribution in [2.24, 2.45) is 0 Å². The maximum Gasteiger partial charge on any atom is 0.322 e. The lowest BCUT2D eigenvalue weighted by atomic mass is 10.2. The molecule has 1 atom stereocenters. The highest BCUT2D eigenvalue weighted by Crippen LogP contribution is 2.40. The van der Waals surface area contributed by atoms with Gasteiger partial charge < -0.3 is 15.5 Å². The van der Waals surface area contributed by atoms with E-state index in [0.717, 1.165) is 24.1 Å². The second kappa shape index (κ2) is 7.84. The average Bonchev–Trinajstić information content (AvgIpc) is 3.19. The molecule has 2 fully saturated rings. The van der Waals surface area contributed by atoms with Crippen molar-refractivity contribution < 1.29 is 9.18 Å². The molecule has 0 aromatic carbocycles. The second-order valence-corrected chi connectivity index (χ2v) is 8.41. The van der Waals surface area contributed by atoms with Crippen molar-refractivity contribution >= 4 is 28.9 Å². The van der Waals surface area contributed by atoms with E-state index in [0.29, 0.717) is 35.6 Å². The summed E-state index contributed by atoms with van der Waals surface area (Å²) in [4.78, 5) is 22.9. The maximum atomic E-state index is 13.4. The van der Waals surface area contributed by atoms with Crippen LogP contribution in [0.25, 0.3) is 5.52 Å². The lowest BCUT2D eigenvalue weighted by Gasteiger charge is -2.24. The first-order chi connectivity index (χ1) is 16.1. The number of pyridine rings is 1. The third-order valence-electron chi connectivity index (χ3n) is 6.06. The number of aromatic nitrogens is 6. The second-order valence-electron chi connectivity index (χ2n) is 8.41. The predicted octanol–water partition coefficient (Wildman–Crippen LogP) is 3.98. The highest BCUT2D eigenvalue weighted by atomic mass is 19.1. The summed E-state index contributed by atoms with van der Waals surface area (Å²) in [5.74, 6) is 1.79. The van der Waals surface area contributed by atoms with E-state index in [2.05, 4.69) is 30.9 Å². The molecule has 11 heteroatoms. The van der Waals surface area contributed by atoms with Crippen LogP contribution in [-0.2, 0) is 0 Å². The highest BCUT2D eigenvalue weighted by Gasteiger charge is 2.33. The molecule has 4 aromatic heterocycles. The molecular weight excluding hydrogens is 425 g/mol. The molecule has 1 aliphatic carbocycles. The van der Waals surface area contributed by atoms with E-state index in [1.54, 1.807) is 15.5 Å². The molecule has 5 heterocycles. The zero-order valence-corrected chi connectivity index (χ0v) is 17.7. The van der Waals surface area contributed by atoms with Gasteiger partial charge in [-0.2, -0.15) is 14.6 Å². The highest BCUT2D eigenvalue weighted by molar-refractivity contribution is 5.89. The van der Waals surface area contributed by atoms with E-state index in [1.807, 2.05) is 24.4 Å². The third kappa shape index (κ3) is 3.86. The summed E-state index contributed by atoms with van der Waals surface area (Å²) in [6, 6.07) is 7.96. The lowest BCUT2D eigenvalue weighted by molar-refractivity contribution is 0.204. The van der Waals surface area contributed by atoms with E-state index >= 15 is 0 Å². The van der Waals surface area contributed by atoms with Gasteiger partial charge in [-0.1, -0.05) is 0 Å². The summed E-state index contributed by atoms with van der Waals surface area (Å²) in [6.07, 6.45) is 7.10. The van der Waals surface area contributed by atoms with Crippen LogP contribution in [0.3, 0.4) is 0 Å². The molecule has 0 bridgehead atoms. The Hall–Kier alpha value is -4.02. The Morgan fingerprint density at radius 3 is 2.97 bits per heavy atom. The van der Waals surface area contributed by atoms with E-state index in [4.69, 9.17) is 4.98 Å². The Labute approximate surface area is 188 Å². The minimum absolute atomic E-state index is 0.301. The third-order valence-corrected chi connectivity index (χ3v) is 6.06. The monoisotopic (exact) mass is 447 g/mol. The molecule has 0 spiro atoms. The van der Waals surface area contributed by atoms with Crippen molar-refractivity contribution in [1.29, 1.82) is 0 Å². The van der Waals surface area contributed by atoms with E-state index < -0.39 is 5.95 Å². The number of hydrogen-bond donors (Lipinski definition) is 3. The van der Waals surface area contributed by atoms with Crippen LogP contribution in [0.5, 0.6) is 0 Å². The minimum Gasteiger partial charge on any atom is -0.322 e. The maximum absolute atomic E-state index is 13.4. The number of carbonyl (C=O) groups is 1. The van der Waals surface area contributed by atoms with Gasteiger partial charge in [0.25, 0.3) is 0 Å². The van der Waals surface area contributed by atoms with Crippen LogP contribution in [0.1, 0.15) is 49.2 Å². The largest absolute Gasteiger partial charge is 0.322 e. The number of anilines is 3. The molecule has 6 rings (SSSR count). The van der Waals surface area contributed by atoms with Crippen molar-refractivity contribution in [2.75, 3.05) is 17.2 Å². The Morgan fingerprint density at radius 2 is 2.12 bits per heavy atom. The SMILES string of the molecule is O=C(Nc1ccnc(F)c1)N1CCC[C@@H]1c1nc(Nc2cc(C3CC3)[nH]n2)c2cccn2n1. The molecule has 10 nitrogen and oxygen atoms in total. The summed E-state index contributed by atoms with van der Waals surface area (Å²) in [5.41, 5.74) is 2.30. The zero-order valence-electron chi connectivity index (χ0n) is 17.7. The number of H-pyrrole nitrogens is 1. The Balaban J connectivity index is 1.28. The molecule has 0 radical (unpaired) electrons. The van der Waals surface area contributed by atoms with Crippen molar-refractivity contribution in [3.63, 3.8) is 0 Å². The first kappa shape index (κ1) is 19.6. The summed E-state index contributed by atoms with van der Waals surface area (Å²) in [6.45, 7) is 0.560. The van der Waals surface area contributed by atoms with E-state index in [1.165, 1.54) is 25.1 Å². The topological polar surface area (TPSA) is 116 Å². The van der Waals surface area contributed by atoms with Crippen LogP contribution in [0.4, 0.5) is 26.5 Å². The molecule has 2 aliphatic rings. The summed E-state index contributed by atoms with van der Waals surface area (Å²) < 4.78 is 15.2. The van der Waals surface area contributed by atoms with Gasteiger partial charge in [-0.05, 0) is 43.9 Å². The Morgan fingerprint density at radius 1 is 1.21 bits per heavy atom. The van der Waals surface area contributed by atoms with Crippen LogP contribution < -0.4 is 10.6 Å². The first-order valence-corrected chi connectivity index (χ1v) is 11.0. The molecule has 1 saturated carbocycles. The van der Waals surface area contributed by atoms with Gasteiger partial charge in [0.1, 0.15) is 5.52 Å². The van der Waals surface area contributed by atoms with Gasteiger partial charge in [0.2, 0.25) is 5.95 Å². The molecule has 1 aliphatic heterocycles.